The maximum atomic E-state index is 9.47. The van der Waals surface area contributed by atoms with E-state index in [9.17, 15) is 4.79 Å². The number of nitrogens with one attached hydrogen (secondary N) is 1. The van der Waals surface area contributed by atoms with E-state index in [2.05, 4.69) is 38.3 Å². The molecule has 3 saturated heterocycles. The number of methoxy groups -OCH3 is 1. The SMILES string of the molecule is C1COCCN1.CCOCCN.CCOCCO.CN1CCOCC1.COCCN1CCOCC1.NCCOCCO.O=CCOCCO.OCCOCCO.[C-]#[O+]. The summed E-state index contributed by atoms with van der Waals surface area (Å²) < 4.78 is 51.3. The monoisotopic (exact) mass is 856 g/mol. The number of aliphatic hydroxyl groups excluding tert-OH is 5. The van der Waals surface area contributed by atoms with E-state index in [4.69, 9.17) is 74.8 Å². The number of ether oxygens (including phenoxy) is 9. The fourth-order valence-corrected chi connectivity index (χ4v) is 3.33. The summed E-state index contributed by atoms with van der Waals surface area (Å²) >= 11 is 0. The number of hydrogen-bond donors (Lipinski definition) is 8. The van der Waals surface area contributed by atoms with E-state index in [1.165, 1.54) is 0 Å². The molecule has 3 rings (SSSR count). The summed E-state index contributed by atoms with van der Waals surface area (Å²) in [7, 11) is 3.85. The Balaban J connectivity index is -0.000000133. The van der Waals surface area contributed by atoms with Gasteiger partial charge in [0, 0.05) is 79.2 Å². The van der Waals surface area contributed by atoms with Gasteiger partial charge in [-0.25, -0.2) is 0 Å². The van der Waals surface area contributed by atoms with Crippen LogP contribution in [0.4, 0.5) is 0 Å². The average Bonchev–Trinajstić information content (AvgIpc) is 3.28. The molecular weight excluding hydrogens is 770 g/mol. The summed E-state index contributed by atoms with van der Waals surface area (Å²) in [5.74, 6) is 0. The molecule has 10 N–H and O–H groups in total. The van der Waals surface area contributed by atoms with Gasteiger partial charge in [-0.1, -0.05) is 0 Å². The third kappa shape index (κ3) is 86.5. The topological polar surface area (TPSA) is 292 Å². The molecule has 58 heavy (non-hydrogen) atoms. The van der Waals surface area contributed by atoms with Crippen LogP contribution >= 0.6 is 0 Å². The second-order valence-electron chi connectivity index (χ2n) is 10.8. The Morgan fingerprint density at radius 2 is 1.00 bits per heavy atom. The zero-order chi connectivity index (χ0) is 44.9. The van der Waals surface area contributed by atoms with Gasteiger partial charge in [0.15, 0.2) is 0 Å². The molecule has 21 nitrogen and oxygen atoms in total. The van der Waals surface area contributed by atoms with E-state index in [0.29, 0.717) is 65.6 Å². The van der Waals surface area contributed by atoms with Crippen LogP contribution in [0, 0.1) is 6.65 Å². The van der Waals surface area contributed by atoms with Gasteiger partial charge in [0.25, 0.3) is 0 Å². The Kier molecular flexibility index (Phi) is 90.1. The maximum absolute atomic E-state index is 9.47. The Labute approximate surface area is 349 Å². The minimum absolute atomic E-state index is 0.0200. The zero-order valence-corrected chi connectivity index (χ0v) is 36.3. The molecule has 0 atom stereocenters. The quantitative estimate of drug-likeness (QED) is 0.0242. The Morgan fingerprint density at radius 1 is 0.621 bits per heavy atom. The predicted molar refractivity (Wildman–Crippen MR) is 220 cm³/mol. The van der Waals surface area contributed by atoms with Crippen molar-refractivity contribution in [1.29, 1.82) is 0 Å². The van der Waals surface area contributed by atoms with E-state index in [-0.39, 0.29) is 46.2 Å². The van der Waals surface area contributed by atoms with Gasteiger partial charge in [-0.15, -0.1) is 0 Å². The first-order chi connectivity index (χ1) is 28.4. The molecule has 3 heterocycles. The van der Waals surface area contributed by atoms with Gasteiger partial charge in [0.05, 0.1) is 126 Å². The van der Waals surface area contributed by atoms with E-state index >= 15 is 0 Å². The first-order valence-electron chi connectivity index (χ1n) is 19.7. The van der Waals surface area contributed by atoms with E-state index in [1.807, 2.05) is 13.8 Å². The van der Waals surface area contributed by atoms with Crippen LogP contribution in [0.3, 0.4) is 0 Å². The molecule has 0 radical (unpaired) electrons. The number of carbonyl (C=O) groups excluding carboxylic acids is 1. The standard InChI is InChI=1S/C7H15NO2.C5H11NO.C4H11NO2.C4H9NO.C4H11NO.C4H10O3.C4H8O3.C4H10O2.CO/c1-9-5-2-8-3-6-10-7-4-8;1-6-2-4-7-5-3-6;5-1-3-7-4-2-6;1-3-6-4-2-5-1;1-2-6-4-3-5;2*5-1-3-7-4-2-6;1-2-6-4-3-5;1-2/h2-7H2,1H3;2-5H2,1H3;6H,1-5H2;5H,1-4H2;2-5H2,1H3;5-6H,1-4H2;1,6H,2-4H2;5H,2-4H2,1H3;. The average molecular weight is 856 g/mol. The second kappa shape index (κ2) is 76.4. The Bertz CT molecular complexity index is 610. The molecule has 0 unspecified atom stereocenters. The summed E-state index contributed by atoms with van der Waals surface area (Å²) in [5, 5.41) is 43.6. The first kappa shape index (κ1) is 68.4. The number of carbonyl (C=O) groups is 1. The molecular formula is C37H85N5O16. The van der Waals surface area contributed by atoms with Crippen molar-refractivity contribution >= 4 is 6.29 Å². The number of nitrogens with zero attached hydrogens (tertiary/aromatic N) is 2. The third-order valence-electron chi connectivity index (χ3n) is 6.09. The van der Waals surface area contributed by atoms with Crippen molar-refractivity contribution in [2.24, 2.45) is 11.5 Å². The van der Waals surface area contributed by atoms with Crippen molar-refractivity contribution in [1.82, 2.24) is 15.1 Å². The van der Waals surface area contributed by atoms with Crippen molar-refractivity contribution in [3.63, 3.8) is 0 Å². The molecule has 0 amide bonds. The summed E-state index contributed by atoms with van der Waals surface area (Å²) in [4.78, 5) is 14.1. The molecule has 0 aromatic carbocycles. The molecule has 3 aliphatic rings. The zero-order valence-electron chi connectivity index (χ0n) is 36.3. The van der Waals surface area contributed by atoms with E-state index in [1.54, 1.807) is 7.11 Å². The summed E-state index contributed by atoms with van der Waals surface area (Å²) in [5.41, 5.74) is 10.2. The molecule has 0 aliphatic carbocycles. The van der Waals surface area contributed by atoms with Gasteiger partial charge in [-0.2, -0.15) is 0 Å². The Morgan fingerprint density at radius 3 is 1.29 bits per heavy atom. The summed E-state index contributed by atoms with van der Waals surface area (Å²) in [6.45, 7) is 27.9. The number of nitrogens with two attached hydrogens (primary N) is 2. The molecule has 354 valence electrons. The summed E-state index contributed by atoms with van der Waals surface area (Å²) in [6, 6.07) is 0. The predicted octanol–water partition coefficient (Wildman–Crippen LogP) is -3.39. The van der Waals surface area contributed by atoms with Crippen molar-refractivity contribution in [3.8, 4) is 0 Å². The number of likely N-dealkylation sites (N-methyl/N-ethyl adjacent to an activating group) is 1. The van der Waals surface area contributed by atoms with Crippen LogP contribution in [-0.2, 0) is 52.1 Å². The molecule has 0 saturated carbocycles. The van der Waals surface area contributed by atoms with Crippen molar-refractivity contribution in [2.45, 2.75) is 13.8 Å². The molecule has 3 aliphatic heterocycles. The van der Waals surface area contributed by atoms with Crippen LogP contribution in [0.1, 0.15) is 13.8 Å². The molecule has 0 aromatic rings. The van der Waals surface area contributed by atoms with Crippen molar-refractivity contribution in [3.05, 3.63) is 6.65 Å². The van der Waals surface area contributed by atoms with Gasteiger partial charge in [0.2, 0.25) is 0 Å². The first-order valence-corrected chi connectivity index (χ1v) is 19.7. The number of aldehydes is 1. The van der Waals surface area contributed by atoms with Crippen LogP contribution in [0.15, 0.2) is 0 Å². The van der Waals surface area contributed by atoms with Gasteiger partial charge >= 0.3 is 11.3 Å². The summed E-state index contributed by atoms with van der Waals surface area (Å²) in [6.07, 6.45) is 0.648. The number of hydrogen-bond acceptors (Lipinski definition) is 20. The van der Waals surface area contributed by atoms with Crippen LogP contribution in [0.2, 0.25) is 0 Å². The van der Waals surface area contributed by atoms with E-state index < -0.39 is 0 Å². The normalized spacial score (nSPS) is 14.4. The molecule has 0 bridgehead atoms. The number of morpholine rings is 3. The van der Waals surface area contributed by atoms with Crippen LogP contribution in [0.25, 0.3) is 0 Å². The molecule has 0 spiro atoms. The van der Waals surface area contributed by atoms with Crippen molar-refractivity contribution < 1.29 is 77.6 Å². The fourth-order valence-electron chi connectivity index (χ4n) is 3.33. The number of aliphatic hydroxyl groups is 5. The Hall–Kier alpha value is -1.35. The van der Waals surface area contributed by atoms with Crippen LogP contribution < -0.4 is 16.8 Å². The molecule has 21 heteroatoms. The van der Waals surface area contributed by atoms with Crippen LogP contribution in [0.5, 0.6) is 0 Å². The molecule has 0 aromatic heterocycles. The second-order valence-corrected chi connectivity index (χ2v) is 10.8. The van der Waals surface area contributed by atoms with Gasteiger partial charge in [-0.05, 0) is 20.9 Å². The van der Waals surface area contributed by atoms with Crippen molar-refractivity contribution in [2.75, 3.05) is 218 Å². The van der Waals surface area contributed by atoms with Gasteiger partial charge in [-0.3, -0.25) is 4.90 Å². The third-order valence-corrected chi connectivity index (χ3v) is 6.09. The molecule has 3 fully saturated rings. The van der Waals surface area contributed by atoms with Gasteiger partial charge in [0.1, 0.15) is 12.9 Å². The van der Waals surface area contributed by atoms with Gasteiger partial charge < -0.3 is 94.6 Å². The van der Waals surface area contributed by atoms with Crippen LogP contribution in [-0.4, -0.2) is 260 Å². The fraction of sp³-hybridized carbons (Fsp3) is 0.946. The minimum atomic E-state index is -0.0200. The number of rotatable bonds is 21. The van der Waals surface area contributed by atoms with E-state index in [0.717, 1.165) is 98.7 Å².